The first kappa shape index (κ1) is 13.3. The number of rotatable bonds is 4. The highest BCUT2D eigenvalue weighted by Crippen LogP contribution is 2.23. The zero-order valence-corrected chi connectivity index (χ0v) is 12.5. The molecule has 0 aliphatic heterocycles. The molecule has 0 atom stereocenters. The van der Waals surface area contributed by atoms with Crippen molar-refractivity contribution < 1.29 is 4.79 Å². The second kappa shape index (κ2) is 6.16. The smallest absolute Gasteiger partial charge is 0.264 e. The van der Waals surface area contributed by atoms with E-state index in [4.69, 9.17) is 0 Å². The average molecular weight is 324 g/mol. The standard InChI is InChI=1S/C14H14BrNOS/c1-2-16(10-11-6-4-3-5-7-11)14(17)12-8-9-13(15)18-12/h3-9H,2,10H2,1H3. The third-order valence-corrected chi connectivity index (χ3v) is 4.28. The first-order valence-electron chi connectivity index (χ1n) is 5.79. The lowest BCUT2D eigenvalue weighted by atomic mass is 10.2. The van der Waals surface area contributed by atoms with Gasteiger partial charge in [-0.15, -0.1) is 11.3 Å². The van der Waals surface area contributed by atoms with Gasteiger partial charge in [-0.1, -0.05) is 30.3 Å². The van der Waals surface area contributed by atoms with E-state index in [1.165, 1.54) is 11.3 Å². The van der Waals surface area contributed by atoms with Crippen LogP contribution in [0.2, 0.25) is 0 Å². The van der Waals surface area contributed by atoms with Crippen molar-refractivity contribution in [2.24, 2.45) is 0 Å². The van der Waals surface area contributed by atoms with Crippen LogP contribution in [-0.4, -0.2) is 17.4 Å². The number of amides is 1. The van der Waals surface area contributed by atoms with Crippen molar-refractivity contribution >= 4 is 33.2 Å². The minimum absolute atomic E-state index is 0.0945. The molecule has 2 nitrogen and oxygen atoms in total. The Morgan fingerprint density at radius 1 is 1.22 bits per heavy atom. The highest BCUT2D eigenvalue weighted by atomic mass is 79.9. The summed E-state index contributed by atoms with van der Waals surface area (Å²) < 4.78 is 0.988. The molecule has 0 bridgehead atoms. The Labute approximate surface area is 119 Å². The van der Waals surface area contributed by atoms with E-state index >= 15 is 0 Å². The van der Waals surface area contributed by atoms with E-state index < -0.39 is 0 Å². The van der Waals surface area contributed by atoms with Crippen molar-refractivity contribution in [3.05, 3.63) is 56.7 Å². The minimum Gasteiger partial charge on any atom is -0.334 e. The SMILES string of the molecule is CCN(Cc1ccccc1)C(=O)c1ccc(Br)s1. The summed E-state index contributed by atoms with van der Waals surface area (Å²) in [4.78, 5) is 14.9. The second-order valence-corrected chi connectivity index (χ2v) is 6.37. The third-order valence-electron chi connectivity index (χ3n) is 2.67. The van der Waals surface area contributed by atoms with Crippen LogP contribution in [-0.2, 0) is 6.54 Å². The Balaban J connectivity index is 2.12. The molecule has 0 fully saturated rings. The van der Waals surface area contributed by atoms with Crippen LogP contribution in [0.25, 0.3) is 0 Å². The highest BCUT2D eigenvalue weighted by Gasteiger charge is 2.16. The fraction of sp³-hybridized carbons (Fsp3) is 0.214. The van der Waals surface area contributed by atoms with Crippen LogP contribution in [0, 0.1) is 0 Å². The molecule has 0 spiro atoms. The fourth-order valence-corrected chi connectivity index (χ4v) is 3.07. The molecule has 0 saturated heterocycles. The second-order valence-electron chi connectivity index (χ2n) is 3.91. The van der Waals surface area contributed by atoms with E-state index in [0.29, 0.717) is 13.1 Å². The van der Waals surface area contributed by atoms with E-state index in [1.54, 1.807) is 0 Å². The number of thiophene rings is 1. The summed E-state index contributed by atoms with van der Waals surface area (Å²) in [6, 6.07) is 13.8. The van der Waals surface area contributed by atoms with E-state index in [-0.39, 0.29) is 5.91 Å². The molecule has 18 heavy (non-hydrogen) atoms. The van der Waals surface area contributed by atoms with Crippen molar-refractivity contribution in [3.63, 3.8) is 0 Å². The lowest BCUT2D eigenvalue weighted by Crippen LogP contribution is -2.29. The first-order valence-corrected chi connectivity index (χ1v) is 7.40. The van der Waals surface area contributed by atoms with Crippen molar-refractivity contribution in [2.45, 2.75) is 13.5 Å². The number of carbonyl (C=O) groups excluding carboxylic acids is 1. The number of nitrogens with zero attached hydrogens (tertiary/aromatic N) is 1. The molecule has 94 valence electrons. The van der Waals surface area contributed by atoms with Crippen LogP contribution in [0.3, 0.4) is 0 Å². The molecule has 0 saturated carbocycles. The first-order chi connectivity index (χ1) is 8.70. The molecule has 4 heteroatoms. The van der Waals surface area contributed by atoms with Gasteiger partial charge in [0.05, 0.1) is 8.66 Å². The molecule has 2 aromatic rings. The van der Waals surface area contributed by atoms with Gasteiger partial charge in [0, 0.05) is 13.1 Å². The minimum atomic E-state index is 0.0945. The molecule has 0 aliphatic carbocycles. The average Bonchev–Trinajstić information content (AvgIpc) is 2.83. The molecule has 0 N–H and O–H groups in total. The topological polar surface area (TPSA) is 20.3 Å². The zero-order chi connectivity index (χ0) is 13.0. The summed E-state index contributed by atoms with van der Waals surface area (Å²) in [5.74, 6) is 0.0945. The Morgan fingerprint density at radius 2 is 1.94 bits per heavy atom. The highest BCUT2D eigenvalue weighted by molar-refractivity contribution is 9.11. The van der Waals surface area contributed by atoms with Gasteiger partial charge in [-0.3, -0.25) is 4.79 Å². The predicted octanol–water partition coefficient (Wildman–Crippen LogP) is 4.17. The van der Waals surface area contributed by atoms with E-state index in [0.717, 1.165) is 14.2 Å². The van der Waals surface area contributed by atoms with Gasteiger partial charge in [0.15, 0.2) is 0 Å². The monoisotopic (exact) mass is 323 g/mol. The van der Waals surface area contributed by atoms with Gasteiger partial charge in [0.2, 0.25) is 0 Å². The van der Waals surface area contributed by atoms with E-state index in [2.05, 4.69) is 15.9 Å². The summed E-state index contributed by atoms with van der Waals surface area (Å²) in [5.41, 5.74) is 1.16. The van der Waals surface area contributed by atoms with Crippen molar-refractivity contribution in [3.8, 4) is 0 Å². The number of carbonyl (C=O) groups is 1. The molecular weight excluding hydrogens is 310 g/mol. The van der Waals surface area contributed by atoms with Crippen molar-refractivity contribution in [1.29, 1.82) is 0 Å². The van der Waals surface area contributed by atoms with Crippen molar-refractivity contribution in [2.75, 3.05) is 6.54 Å². The molecule has 1 heterocycles. The Hall–Kier alpha value is -1.13. The van der Waals surface area contributed by atoms with Crippen LogP contribution in [0.5, 0.6) is 0 Å². The summed E-state index contributed by atoms with van der Waals surface area (Å²) in [6.45, 7) is 3.37. The maximum absolute atomic E-state index is 12.3. The lowest BCUT2D eigenvalue weighted by Gasteiger charge is -2.20. The molecule has 1 amide bonds. The molecule has 2 rings (SSSR count). The van der Waals surface area contributed by atoms with Crippen LogP contribution in [0.1, 0.15) is 22.2 Å². The Morgan fingerprint density at radius 3 is 2.50 bits per heavy atom. The molecule has 1 aromatic carbocycles. The number of halogens is 1. The normalized spacial score (nSPS) is 10.3. The van der Waals surface area contributed by atoms with Gasteiger partial charge < -0.3 is 4.90 Å². The van der Waals surface area contributed by atoms with Gasteiger partial charge in [0.1, 0.15) is 0 Å². The summed E-state index contributed by atoms with van der Waals surface area (Å²) in [5, 5.41) is 0. The predicted molar refractivity (Wildman–Crippen MR) is 78.9 cm³/mol. The van der Waals surface area contributed by atoms with E-state index in [1.807, 2.05) is 54.3 Å². The third kappa shape index (κ3) is 3.21. The number of hydrogen-bond acceptors (Lipinski definition) is 2. The van der Waals surface area contributed by atoms with Gasteiger partial charge in [-0.2, -0.15) is 0 Å². The van der Waals surface area contributed by atoms with Gasteiger partial charge >= 0.3 is 0 Å². The van der Waals surface area contributed by atoms with E-state index in [9.17, 15) is 4.79 Å². The number of benzene rings is 1. The van der Waals surface area contributed by atoms with Gasteiger partial charge in [-0.05, 0) is 40.5 Å². The summed E-state index contributed by atoms with van der Waals surface area (Å²) >= 11 is 4.86. The zero-order valence-electron chi connectivity index (χ0n) is 10.1. The molecular formula is C14H14BrNOS. The Kier molecular flexibility index (Phi) is 4.55. The largest absolute Gasteiger partial charge is 0.334 e. The molecule has 0 aliphatic rings. The molecule has 0 radical (unpaired) electrons. The summed E-state index contributed by atoms with van der Waals surface area (Å²) in [6.07, 6.45) is 0. The maximum atomic E-state index is 12.3. The van der Waals surface area contributed by atoms with Gasteiger partial charge in [-0.25, -0.2) is 0 Å². The number of hydrogen-bond donors (Lipinski definition) is 0. The quantitative estimate of drug-likeness (QED) is 0.826. The van der Waals surface area contributed by atoms with Crippen LogP contribution >= 0.6 is 27.3 Å². The molecule has 1 aromatic heterocycles. The maximum Gasteiger partial charge on any atom is 0.264 e. The lowest BCUT2D eigenvalue weighted by molar-refractivity contribution is 0.0757. The fourth-order valence-electron chi connectivity index (χ4n) is 1.72. The van der Waals surface area contributed by atoms with Crippen LogP contribution < -0.4 is 0 Å². The van der Waals surface area contributed by atoms with Crippen molar-refractivity contribution in [1.82, 2.24) is 4.90 Å². The Bertz CT molecular complexity index is 524. The molecule has 0 unspecified atom stereocenters. The van der Waals surface area contributed by atoms with Crippen LogP contribution in [0.15, 0.2) is 46.3 Å². The van der Waals surface area contributed by atoms with Gasteiger partial charge in [0.25, 0.3) is 5.91 Å². The van der Waals surface area contributed by atoms with Crippen LogP contribution in [0.4, 0.5) is 0 Å². The summed E-state index contributed by atoms with van der Waals surface area (Å²) in [7, 11) is 0.